The molecule has 9 heteroatoms. The van der Waals surface area contributed by atoms with Gasteiger partial charge in [0, 0.05) is 0 Å². The number of aliphatic hydroxyl groups excluding tert-OH is 1. The summed E-state index contributed by atoms with van der Waals surface area (Å²) in [5.74, 6) is -0.0121. The molecule has 1 aromatic carbocycles. The maximum atomic E-state index is 13.1. The van der Waals surface area contributed by atoms with E-state index in [1.807, 2.05) is 50.4 Å². The summed E-state index contributed by atoms with van der Waals surface area (Å²) in [4.78, 5) is 38.4. The molecule has 0 heterocycles. The second kappa shape index (κ2) is 14.9. The van der Waals surface area contributed by atoms with E-state index in [9.17, 15) is 19.5 Å². The lowest BCUT2D eigenvalue weighted by atomic mass is 10.0. The number of hydrogen-bond donors (Lipinski definition) is 4. The minimum absolute atomic E-state index is 0.140. The molecule has 1 aromatic rings. The van der Waals surface area contributed by atoms with Crippen molar-refractivity contribution in [1.82, 2.24) is 16.0 Å². The number of hydrogen-bond acceptors (Lipinski definition) is 6. The average molecular weight is 496 g/mol. The zero-order valence-electron chi connectivity index (χ0n) is 21.2. The molecule has 0 aliphatic heterocycles. The summed E-state index contributed by atoms with van der Waals surface area (Å²) in [7, 11) is 0. The van der Waals surface area contributed by atoms with E-state index in [1.54, 1.807) is 32.5 Å². The van der Waals surface area contributed by atoms with Crippen molar-refractivity contribution in [2.75, 3.05) is 18.6 Å². The number of thioether (sulfide) groups is 1. The first-order chi connectivity index (χ1) is 15.9. The van der Waals surface area contributed by atoms with Gasteiger partial charge in [-0.15, -0.1) is 0 Å². The number of alkyl carbamates (subject to hydrolysis) is 1. The molecule has 0 aromatic heterocycles. The van der Waals surface area contributed by atoms with Crippen molar-refractivity contribution in [3.8, 4) is 0 Å². The van der Waals surface area contributed by atoms with E-state index < -0.39 is 35.7 Å². The maximum Gasteiger partial charge on any atom is 0.408 e. The highest BCUT2D eigenvalue weighted by molar-refractivity contribution is 7.98. The van der Waals surface area contributed by atoms with Crippen LogP contribution >= 0.6 is 11.8 Å². The summed E-state index contributed by atoms with van der Waals surface area (Å²) in [6.45, 7) is 8.95. The molecule has 3 atom stereocenters. The number of ether oxygens (including phenoxy) is 1. The largest absolute Gasteiger partial charge is 0.444 e. The van der Waals surface area contributed by atoms with E-state index in [-0.39, 0.29) is 18.4 Å². The van der Waals surface area contributed by atoms with Crippen LogP contribution in [-0.4, -0.2) is 65.4 Å². The lowest BCUT2D eigenvalue weighted by molar-refractivity contribution is -0.131. The van der Waals surface area contributed by atoms with Crippen molar-refractivity contribution in [3.05, 3.63) is 35.9 Å². The summed E-state index contributed by atoms with van der Waals surface area (Å²) in [6.07, 6.45) is 2.53. The lowest BCUT2D eigenvalue weighted by Gasteiger charge is -2.27. The van der Waals surface area contributed by atoms with Crippen molar-refractivity contribution in [2.24, 2.45) is 5.92 Å². The van der Waals surface area contributed by atoms with Crippen LogP contribution < -0.4 is 16.0 Å². The molecule has 0 bridgehead atoms. The van der Waals surface area contributed by atoms with Crippen molar-refractivity contribution in [3.63, 3.8) is 0 Å². The van der Waals surface area contributed by atoms with E-state index in [2.05, 4.69) is 16.0 Å². The van der Waals surface area contributed by atoms with Crippen LogP contribution in [0.5, 0.6) is 0 Å². The zero-order chi connectivity index (χ0) is 25.7. The van der Waals surface area contributed by atoms with Gasteiger partial charge in [0.1, 0.15) is 17.7 Å². The van der Waals surface area contributed by atoms with Crippen molar-refractivity contribution in [1.29, 1.82) is 0 Å². The Morgan fingerprint density at radius 2 is 1.62 bits per heavy atom. The number of rotatable bonds is 13. The summed E-state index contributed by atoms with van der Waals surface area (Å²) in [5, 5.41) is 18.1. The molecule has 34 heavy (non-hydrogen) atoms. The van der Waals surface area contributed by atoms with Crippen LogP contribution in [0.15, 0.2) is 30.3 Å². The monoisotopic (exact) mass is 495 g/mol. The standard InChI is InChI=1S/C25H41N3O5S/c1-17(2)14-21(23(31)26-19(16-29)15-18-10-8-7-9-11-18)27-22(30)20(12-13-34-6)28-24(32)33-25(3,4)5/h7-11,17,19-21,29H,12-16H2,1-6H3,(H,26,31)(H,27,30)(H,28,32)/t19-,20-,21-/m0/s1. The van der Waals surface area contributed by atoms with Gasteiger partial charge in [-0.2, -0.15) is 11.8 Å². The van der Waals surface area contributed by atoms with Crippen LogP contribution in [0.25, 0.3) is 0 Å². The van der Waals surface area contributed by atoms with E-state index in [0.29, 0.717) is 25.0 Å². The van der Waals surface area contributed by atoms with E-state index in [1.165, 1.54) is 0 Å². The van der Waals surface area contributed by atoms with Crippen LogP contribution in [0.1, 0.15) is 53.0 Å². The minimum Gasteiger partial charge on any atom is -0.444 e. The molecule has 3 amide bonds. The molecule has 0 aliphatic carbocycles. The number of carbonyl (C=O) groups is 3. The van der Waals surface area contributed by atoms with Crippen molar-refractivity contribution >= 4 is 29.7 Å². The predicted molar refractivity (Wildman–Crippen MR) is 137 cm³/mol. The van der Waals surface area contributed by atoms with Gasteiger partial charge in [0.15, 0.2) is 0 Å². The molecule has 1 rings (SSSR count). The molecule has 4 N–H and O–H groups in total. The highest BCUT2D eigenvalue weighted by Crippen LogP contribution is 2.11. The fraction of sp³-hybridized carbons (Fsp3) is 0.640. The van der Waals surface area contributed by atoms with Gasteiger partial charge in [-0.3, -0.25) is 9.59 Å². The summed E-state index contributed by atoms with van der Waals surface area (Å²) >= 11 is 1.56. The number of benzene rings is 1. The molecule has 0 fully saturated rings. The summed E-state index contributed by atoms with van der Waals surface area (Å²) < 4.78 is 5.30. The fourth-order valence-electron chi connectivity index (χ4n) is 3.29. The lowest BCUT2D eigenvalue weighted by Crippen LogP contribution is -2.56. The van der Waals surface area contributed by atoms with Crippen LogP contribution in [0.3, 0.4) is 0 Å². The predicted octanol–water partition coefficient (Wildman–Crippen LogP) is 2.88. The minimum atomic E-state index is -0.831. The van der Waals surface area contributed by atoms with Gasteiger partial charge in [0.25, 0.3) is 0 Å². The number of carbonyl (C=O) groups excluding carboxylic acids is 3. The zero-order valence-corrected chi connectivity index (χ0v) is 22.0. The Morgan fingerprint density at radius 1 is 1.00 bits per heavy atom. The molecule has 0 saturated carbocycles. The number of nitrogens with one attached hydrogen (secondary N) is 3. The molecule has 0 spiro atoms. The first-order valence-electron chi connectivity index (χ1n) is 11.7. The van der Waals surface area contributed by atoms with Gasteiger partial charge in [0.05, 0.1) is 12.6 Å². The highest BCUT2D eigenvalue weighted by Gasteiger charge is 2.29. The second-order valence-electron chi connectivity index (χ2n) is 9.75. The fourth-order valence-corrected chi connectivity index (χ4v) is 3.76. The van der Waals surface area contributed by atoms with E-state index >= 15 is 0 Å². The Bertz CT molecular complexity index is 768. The Morgan fingerprint density at radius 3 is 2.15 bits per heavy atom. The van der Waals surface area contributed by atoms with Crippen LogP contribution in [-0.2, 0) is 20.7 Å². The molecule has 192 valence electrons. The van der Waals surface area contributed by atoms with Gasteiger partial charge < -0.3 is 25.8 Å². The van der Waals surface area contributed by atoms with Gasteiger partial charge in [-0.1, -0.05) is 44.2 Å². The molecular formula is C25H41N3O5S. The Kier molecular flexibility index (Phi) is 13.0. The summed E-state index contributed by atoms with van der Waals surface area (Å²) in [5.41, 5.74) is 0.299. The molecule has 0 aliphatic rings. The van der Waals surface area contributed by atoms with Gasteiger partial charge in [-0.05, 0) is 63.5 Å². The highest BCUT2D eigenvalue weighted by atomic mass is 32.2. The normalized spacial score (nSPS) is 14.1. The van der Waals surface area contributed by atoms with E-state index in [4.69, 9.17) is 4.74 Å². The molecule has 0 saturated heterocycles. The Hall–Kier alpha value is -2.26. The van der Waals surface area contributed by atoms with Gasteiger partial charge >= 0.3 is 6.09 Å². The van der Waals surface area contributed by atoms with E-state index in [0.717, 1.165) is 5.56 Å². The maximum absolute atomic E-state index is 13.1. The van der Waals surface area contributed by atoms with Gasteiger partial charge in [-0.25, -0.2) is 4.79 Å². The first-order valence-corrected chi connectivity index (χ1v) is 13.1. The SMILES string of the molecule is CSCC[C@H](NC(=O)OC(C)(C)C)C(=O)N[C@@H](CC(C)C)C(=O)N[C@H](CO)Cc1ccccc1. The molecule has 8 nitrogen and oxygen atoms in total. The second-order valence-corrected chi connectivity index (χ2v) is 10.7. The Balaban J connectivity index is 2.89. The van der Waals surface area contributed by atoms with Crippen molar-refractivity contribution in [2.45, 2.75) is 77.6 Å². The third-order valence-electron chi connectivity index (χ3n) is 4.85. The van der Waals surface area contributed by atoms with Crippen LogP contribution in [0.4, 0.5) is 4.79 Å². The summed E-state index contributed by atoms with van der Waals surface area (Å²) in [6, 6.07) is 7.47. The topological polar surface area (TPSA) is 117 Å². The average Bonchev–Trinajstić information content (AvgIpc) is 2.74. The smallest absolute Gasteiger partial charge is 0.408 e. The molecular weight excluding hydrogens is 454 g/mol. The molecule has 0 unspecified atom stereocenters. The van der Waals surface area contributed by atoms with Gasteiger partial charge in [0.2, 0.25) is 11.8 Å². The quantitative estimate of drug-likeness (QED) is 0.334. The third kappa shape index (κ3) is 12.3. The van der Waals surface area contributed by atoms with Crippen molar-refractivity contribution < 1.29 is 24.2 Å². The first kappa shape index (κ1) is 29.8. The number of aliphatic hydroxyl groups is 1. The number of amides is 3. The third-order valence-corrected chi connectivity index (χ3v) is 5.49. The van der Waals surface area contributed by atoms with Crippen LogP contribution in [0.2, 0.25) is 0 Å². The Labute approximate surface area is 208 Å². The van der Waals surface area contributed by atoms with Crippen LogP contribution in [0, 0.1) is 5.92 Å². The molecule has 0 radical (unpaired) electrons.